The van der Waals surface area contributed by atoms with Gasteiger partial charge in [-0.1, -0.05) is 18.2 Å². The molecule has 2 heterocycles. The predicted molar refractivity (Wildman–Crippen MR) is 132 cm³/mol. The highest BCUT2D eigenvalue weighted by Gasteiger charge is 2.18. The van der Waals surface area contributed by atoms with Crippen LogP contribution in [-0.2, 0) is 7.05 Å². The van der Waals surface area contributed by atoms with Crippen LogP contribution in [0.1, 0.15) is 34.5 Å². The molecular weight excluding hydrogens is 430 g/mol. The molecule has 0 unspecified atom stereocenters. The Balaban J connectivity index is 1.64. The molecule has 2 N–H and O–H groups in total. The predicted octanol–water partition coefficient (Wildman–Crippen LogP) is 5.53. The molecule has 0 radical (unpaired) electrons. The number of nitrogens with one attached hydrogen (secondary N) is 1. The lowest BCUT2D eigenvalue weighted by Crippen LogP contribution is -2.12. The van der Waals surface area contributed by atoms with Gasteiger partial charge in [-0.2, -0.15) is 5.10 Å². The first-order chi connectivity index (χ1) is 16.3. The van der Waals surface area contributed by atoms with Crippen LogP contribution in [0.5, 0.6) is 0 Å². The highest BCUT2D eigenvalue weighted by atomic mass is 16.4. The Hall–Kier alpha value is -4.39. The zero-order valence-electron chi connectivity index (χ0n) is 19.0. The van der Waals surface area contributed by atoms with Crippen molar-refractivity contribution in [3.63, 3.8) is 0 Å². The number of aromatic carboxylic acids is 1. The molecule has 0 amide bonds. The molecule has 5 aromatic rings. The van der Waals surface area contributed by atoms with E-state index in [4.69, 9.17) is 4.42 Å². The van der Waals surface area contributed by atoms with E-state index in [0.717, 1.165) is 27.6 Å². The molecule has 1 atom stereocenters. The van der Waals surface area contributed by atoms with Gasteiger partial charge in [-0.05, 0) is 55.8 Å². The highest BCUT2D eigenvalue weighted by molar-refractivity contribution is 5.94. The third kappa shape index (κ3) is 3.81. The lowest BCUT2D eigenvalue weighted by Gasteiger charge is -2.19. The number of para-hydroxylation sites is 1. The summed E-state index contributed by atoms with van der Waals surface area (Å²) in [6.45, 7) is 3.84. The number of fused-ring (bicyclic) bond motifs is 2. The van der Waals surface area contributed by atoms with E-state index in [9.17, 15) is 14.7 Å². The quantitative estimate of drug-likeness (QED) is 0.363. The average Bonchev–Trinajstić information content (AvgIpc) is 3.18. The van der Waals surface area contributed by atoms with E-state index in [0.29, 0.717) is 22.4 Å². The summed E-state index contributed by atoms with van der Waals surface area (Å²) < 4.78 is 8.07. The number of anilines is 1. The second kappa shape index (κ2) is 8.19. The summed E-state index contributed by atoms with van der Waals surface area (Å²) in [5.74, 6) is -0.546. The van der Waals surface area contributed by atoms with E-state index < -0.39 is 5.97 Å². The minimum Gasteiger partial charge on any atom is -0.478 e. The molecular formula is C27H23N3O4. The van der Waals surface area contributed by atoms with Crippen molar-refractivity contribution in [2.24, 2.45) is 7.05 Å². The Morgan fingerprint density at radius 3 is 2.71 bits per heavy atom. The van der Waals surface area contributed by atoms with E-state index in [1.54, 1.807) is 28.9 Å². The van der Waals surface area contributed by atoms with Gasteiger partial charge in [0, 0.05) is 41.5 Å². The molecule has 5 rings (SSSR count). The molecule has 0 aliphatic heterocycles. The maximum Gasteiger partial charge on any atom is 0.337 e. The van der Waals surface area contributed by atoms with Crippen LogP contribution in [0.25, 0.3) is 33.2 Å². The van der Waals surface area contributed by atoms with Crippen molar-refractivity contribution < 1.29 is 14.3 Å². The van der Waals surface area contributed by atoms with Gasteiger partial charge in [0.2, 0.25) is 0 Å². The molecule has 0 aliphatic carbocycles. The molecule has 0 bridgehead atoms. The van der Waals surface area contributed by atoms with Gasteiger partial charge in [-0.25, -0.2) is 4.79 Å². The molecule has 170 valence electrons. The van der Waals surface area contributed by atoms with Gasteiger partial charge in [-0.3, -0.25) is 9.48 Å². The Morgan fingerprint density at radius 1 is 1.12 bits per heavy atom. The number of nitrogens with zero attached hydrogens (tertiary/aromatic N) is 2. The second-order valence-corrected chi connectivity index (χ2v) is 8.50. The molecule has 34 heavy (non-hydrogen) atoms. The molecule has 0 saturated heterocycles. The van der Waals surface area contributed by atoms with Gasteiger partial charge in [0.15, 0.2) is 5.43 Å². The molecule has 0 fully saturated rings. The first kappa shape index (κ1) is 21.5. The van der Waals surface area contributed by atoms with Crippen LogP contribution in [0, 0.1) is 6.92 Å². The zero-order valence-corrected chi connectivity index (χ0v) is 19.0. The Bertz CT molecular complexity index is 1630. The van der Waals surface area contributed by atoms with E-state index in [1.807, 2.05) is 57.4 Å². The van der Waals surface area contributed by atoms with E-state index >= 15 is 0 Å². The molecule has 7 heteroatoms. The van der Waals surface area contributed by atoms with Gasteiger partial charge in [0.05, 0.1) is 22.5 Å². The smallest absolute Gasteiger partial charge is 0.337 e. The van der Waals surface area contributed by atoms with Crippen LogP contribution in [0.3, 0.4) is 0 Å². The van der Waals surface area contributed by atoms with Gasteiger partial charge in [0.25, 0.3) is 0 Å². The van der Waals surface area contributed by atoms with Crippen LogP contribution < -0.4 is 10.7 Å². The van der Waals surface area contributed by atoms with Gasteiger partial charge >= 0.3 is 5.97 Å². The average molecular weight is 453 g/mol. The molecule has 2 aromatic heterocycles. The van der Waals surface area contributed by atoms with Crippen molar-refractivity contribution in [1.82, 2.24) is 9.78 Å². The third-order valence-corrected chi connectivity index (χ3v) is 5.90. The molecule has 7 nitrogen and oxygen atoms in total. The normalized spacial score (nSPS) is 12.2. The topological polar surface area (TPSA) is 97.4 Å². The standard InChI is InChI=1S/C27H23N3O4/c1-15-10-20(16(2)28-23-7-5-4-6-19(23)27(32)33)26-21(11-15)24(31)13-25(34-26)17-8-9-22-18(12-17)14-30(3)29-22/h4-14,16,28H,1-3H3,(H,32,33)/t16-/m1/s1. The number of carboxylic acid groups (broad SMARTS) is 1. The number of carboxylic acids is 1. The first-order valence-electron chi connectivity index (χ1n) is 10.9. The summed E-state index contributed by atoms with van der Waals surface area (Å²) in [6.07, 6.45) is 1.92. The lowest BCUT2D eigenvalue weighted by atomic mass is 10.00. The summed E-state index contributed by atoms with van der Waals surface area (Å²) >= 11 is 0. The Morgan fingerprint density at radius 2 is 1.91 bits per heavy atom. The molecule has 0 aliphatic rings. The van der Waals surface area contributed by atoms with E-state index in [2.05, 4.69) is 10.4 Å². The maximum atomic E-state index is 13.1. The number of hydrogen-bond donors (Lipinski definition) is 2. The second-order valence-electron chi connectivity index (χ2n) is 8.50. The van der Waals surface area contributed by atoms with E-state index in [1.165, 1.54) is 6.07 Å². The molecule has 0 spiro atoms. The highest BCUT2D eigenvalue weighted by Crippen LogP contribution is 2.32. The van der Waals surface area contributed by atoms with Crippen molar-refractivity contribution in [2.45, 2.75) is 19.9 Å². The summed E-state index contributed by atoms with van der Waals surface area (Å²) in [5.41, 5.74) is 4.35. The van der Waals surface area contributed by atoms with Gasteiger partial charge in [0.1, 0.15) is 11.3 Å². The number of carbonyl (C=O) groups is 1. The third-order valence-electron chi connectivity index (χ3n) is 5.90. The van der Waals surface area contributed by atoms with Crippen molar-refractivity contribution in [3.8, 4) is 11.3 Å². The van der Waals surface area contributed by atoms with E-state index in [-0.39, 0.29) is 17.0 Å². The SMILES string of the molecule is Cc1cc([C@@H](C)Nc2ccccc2C(=O)O)c2oc(-c3ccc4nn(C)cc4c3)cc(=O)c2c1. The van der Waals surface area contributed by atoms with Crippen LogP contribution >= 0.6 is 0 Å². The fraction of sp³-hybridized carbons (Fsp3) is 0.148. The Labute approximate surface area is 195 Å². The molecule has 0 saturated carbocycles. The fourth-order valence-corrected chi connectivity index (χ4v) is 4.31. The number of benzene rings is 3. The van der Waals surface area contributed by atoms with Crippen LogP contribution in [0.2, 0.25) is 0 Å². The van der Waals surface area contributed by atoms with Gasteiger partial charge < -0.3 is 14.8 Å². The van der Waals surface area contributed by atoms with Crippen LogP contribution in [0.4, 0.5) is 5.69 Å². The number of aromatic nitrogens is 2. The summed E-state index contributed by atoms with van der Waals surface area (Å²) in [5, 5.41) is 18.6. The number of rotatable bonds is 5. The first-order valence-corrected chi connectivity index (χ1v) is 10.9. The number of hydrogen-bond acceptors (Lipinski definition) is 5. The lowest BCUT2D eigenvalue weighted by molar-refractivity contribution is 0.0698. The largest absolute Gasteiger partial charge is 0.478 e. The minimum absolute atomic E-state index is 0.134. The van der Waals surface area contributed by atoms with Crippen molar-refractivity contribution in [3.05, 3.63) is 93.8 Å². The minimum atomic E-state index is -1.01. The van der Waals surface area contributed by atoms with Crippen LogP contribution in [0.15, 0.2) is 76.1 Å². The molecule has 3 aromatic carbocycles. The summed E-state index contributed by atoms with van der Waals surface area (Å²) in [6, 6.07) is 17.5. The maximum absolute atomic E-state index is 13.1. The van der Waals surface area contributed by atoms with Crippen molar-refractivity contribution in [2.75, 3.05) is 5.32 Å². The number of aryl methyl sites for hydroxylation is 2. The fourth-order valence-electron chi connectivity index (χ4n) is 4.31. The van der Waals surface area contributed by atoms with Crippen molar-refractivity contribution in [1.29, 1.82) is 0 Å². The zero-order chi connectivity index (χ0) is 24.0. The van der Waals surface area contributed by atoms with Crippen LogP contribution in [-0.4, -0.2) is 20.9 Å². The monoisotopic (exact) mass is 453 g/mol. The summed E-state index contributed by atoms with van der Waals surface area (Å²) in [4.78, 5) is 24.7. The Kier molecular flexibility index (Phi) is 5.17. The summed E-state index contributed by atoms with van der Waals surface area (Å²) in [7, 11) is 1.86. The van der Waals surface area contributed by atoms with Gasteiger partial charge in [-0.15, -0.1) is 0 Å². The van der Waals surface area contributed by atoms with Crippen molar-refractivity contribution >= 4 is 33.5 Å².